The summed E-state index contributed by atoms with van der Waals surface area (Å²) >= 11 is 2.90. The third-order valence-electron chi connectivity index (χ3n) is 7.34. The number of benzene rings is 1. The summed E-state index contributed by atoms with van der Waals surface area (Å²) in [5.74, 6) is 1.86. The lowest BCUT2D eigenvalue weighted by Crippen LogP contribution is -2.47. The van der Waals surface area contributed by atoms with Crippen molar-refractivity contribution in [2.75, 3.05) is 44.7 Å². The van der Waals surface area contributed by atoms with Gasteiger partial charge in [0.1, 0.15) is 10.0 Å². The van der Waals surface area contributed by atoms with E-state index in [1.165, 1.54) is 27.8 Å². The van der Waals surface area contributed by atoms with Crippen molar-refractivity contribution in [3.05, 3.63) is 41.8 Å². The lowest BCUT2D eigenvalue weighted by molar-refractivity contribution is 0.193. The molecule has 0 amide bonds. The molecular formula is C24H32N4O2S3. The van der Waals surface area contributed by atoms with Gasteiger partial charge in [0.2, 0.25) is 0 Å². The van der Waals surface area contributed by atoms with Gasteiger partial charge in [-0.1, -0.05) is 18.2 Å². The number of fused-ring (bicyclic) bond motifs is 1. The van der Waals surface area contributed by atoms with Gasteiger partial charge in [-0.3, -0.25) is 4.90 Å². The Hall–Kier alpha value is -1.52. The molecule has 2 aliphatic rings. The van der Waals surface area contributed by atoms with E-state index in [1.807, 2.05) is 5.38 Å². The van der Waals surface area contributed by atoms with Crippen LogP contribution < -0.4 is 4.90 Å². The van der Waals surface area contributed by atoms with Crippen LogP contribution in [0, 0.1) is 5.92 Å². The summed E-state index contributed by atoms with van der Waals surface area (Å²) in [5, 5.41) is 3.11. The van der Waals surface area contributed by atoms with Crippen molar-refractivity contribution in [3.8, 4) is 0 Å². The maximum absolute atomic E-state index is 12.8. The topological polar surface area (TPSA) is 56.8 Å². The van der Waals surface area contributed by atoms with Gasteiger partial charge in [0.25, 0.3) is 10.0 Å². The van der Waals surface area contributed by atoms with Gasteiger partial charge < -0.3 is 4.90 Å². The van der Waals surface area contributed by atoms with E-state index in [2.05, 4.69) is 34.1 Å². The maximum Gasteiger partial charge on any atom is 0.252 e. The first-order chi connectivity index (χ1) is 16.0. The third kappa shape index (κ3) is 4.98. The van der Waals surface area contributed by atoms with Crippen LogP contribution in [0.2, 0.25) is 0 Å². The number of rotatable bonds is 7. The lowest BCUT2D eigenvalue weighted by atomic mass is 9.84. The molecule has 33 heavy (non-hydrogen) atoms. The van der Waals surface area contributed by atoms with Crippen LogP contribution in [-0.4, -0.2) is 67.8 Å². The smallest absolute Gasteiger partial charge is 0.252 e. The highest BCUT2D eigenvalue weighted by molar-refractivity contribution is 7.91. The minimum Gasteiger partial charge on any atom is -0.353 e. The standard InChI is InChI=1S/C24H32N4O2S3/c1-26(33(29,30)23-7-4-18-31-23)20-10-8-19(9-11-20)12-13-27-14-16-28(17-15-27)24-21-5-2-3-6-22(21)32-25-24/h2-7,18-20H,8-17H2,1H3. The van der Waals surface area contributed by atoms with Crippen molar-refractivity contribution in [2.24, 2.45) is 5.92 Å². The summed E-state index contributed by atoms with van der Waals surface area (Å²) in [7, 11) is -1.59. The monoisotopic (exact) mass is 504 g/mol. The zero-order valence-electron chi connectivity index (χ0n) is 19.1. The van der Waals surface area contributed by atoms with Crippen molar-refractivity contribution in [1.29, 1.82) is 0 Å². The Balaban J connectivity index is 1.06. The molecule has 2 aromatic heterocycles. The summed E-state index contributed by atoms with van der Waals surface area (Å²) < 4.78 is 33.7. The molecule has 5 rings (SSSR count). The Morgan fingerprint density at radius 2 is 1.79 bits per heavy atom. The zero-order valence-corrected chi connectivity index (χ0v) is 21.5. The zero-order chi connectivity index (χ0) is 22.8. The molecule has 3 aromatic rings. The predicted molar refractivity (Wildman–Crippen MR) is 138 cm³/mol. The van der Waals surface area contributed by atoms with Crippen LogP contribution >= 0.6 is 22.9 Å². The average Bonchev–Trinajstić information content (AvgIpc) is 3.54. The van der Waals surface area contributed by atoms with E-state index in [9.17, 15) is 8.42 Å². The SMILES string of the molecule is CN(C1CCC(CCN2CCN(c3nsc4ccccc34)CC2)CC1)S(=O)(=O)c1cccs1. The van der Waals surface area contributed by atoms with Crippen LogP contribution in [0.15, 0.2) is 46.0 Å². The maximum atomic E-state index is 12.8. The molecular weight excluding hydrogens is 472 g/mol. The Kier molecular flexibility index (Phi) is 7.04. The van der Waals surface area contributed by atoms with E-state index in [0.717, 1.165) is 64.2 Å². The molecule has 0 unspecified atom stereocenters. The van der Waals surface area contributed by atoms with Gasteiger partial charge in [0.05, 0.1) is 4.70 Å². The summed E-state index contributed by atoms with van der Waals surface area (Å²) in [6.45, 7) is 5.38. The molecule has 0 bridgehead atoms. The number of hydrogen-bond acceptors (Lipinski definition) is 7. The van der Waals surface area contributed by atoms with E-state index in [4.69, 9.17) is 4.37 Å². The fourth-order valence-electron chi connectivity index (χ4n) is 5.19. The third-order valence-corrected chi connectivity index (χ3v) is 11.4. The van der Waals surface area contributed by atoms with Gasteiger partial charge in [-0.25, -0.2) is 8.42 Å². The Labute approximate surface area is 205 Å². The highest BCUT2D eigenvalue weighted by atomic mass is 32.2. The summed E-state index contributed by atoms with van der Waals surface area (Å²) in [6.07, 6.45) is 5.40. The fraction of sp³-hybridized carbons (Fsp3) is 0.542. The fourth-order valence-corrected chi connectivity index (χ4v) is 8.58. The molecule has 0 spiro atoms. The number of piperazine rings is 1. The molecule has 0 atom stereocenters. The van der Waals surface area contributed by atoms with Crippen LogP contribution in [0.5, 0.6) is 0 Å². The van der Waals surface area contributed by atoms with Crippen molar-refractivity contribution < 1.29 is 8.42 Å². The number of hydrogen-bond donors (Lipinski definition) is 0. The second-order valence-electron chi connectivity index (χ2n) is 9.25. The second-order valence-corrected chi connectivity index (χ2v) is 13.2. The second kappa shape index (κ2) is 10.00. The number of aromatic nitrogens is 1. The van der Waals surface area contributed by atoms with E-state index < -0.39 is 10.0 Å². The Morgan fingerprint density at radius 1 is 1.03 bits per heavy atom. The Bertz CT molecular complexity index is 1150. The van der Waals surface area contributed by atoms with Crippen LogP contribution in [0.4, 0.5) is 5.82 Å². The average molecular weight is 505 g/mol. The van der Waals surface area contributed by atoms with Crippen molar-refractivity contribution in [3.63, 3.8) is 0 Å². The molecule has 1 aliphatic carbocycles. The quantitative estimate of drug-likeness (QED) is 0.465. The molecule has 1 aromatic carbocycles. The van der Waals surface area contributed by atoms with E-state index in [-0.39, 0.29) is 6.04 Å². The highest BCUT2D eigenvalue weighted by Crippen LogP contribution is 2.33. The minimum absolute atomic E-state index is 0.129. The van der Waals surface area contributed by atoms with Crippen molar-refractivity contribution >= 4 is 48.8 Å². The van der Waals surface area contributed by atoms with Gasteiger partial charge in [0.15, 0.2) is 0 Å². The van der Waals surface area contributed by atoms with E-state index in [1.54, 1.807) is 35.0 Å². The molecule has 1 saturated carbocycles. The number of anilines is 1. The van der Waals surface area contributed by atoms with Crippen LogP contribution in [-0.2, 0) is 10.0 Å². The minimum atomic E-state index is -3.35. The molecule has 178 valence electrons. The molecule has 3 heterocycles. The van der Waals surface area contributed by atoms with Crippen LogP contribution in [0.3, 0.4) is 0 Å². The molecule has 1 saturated heterocycles. The summed E-state index contributed by atoms with van der Waals surface area (Å²) in [5.41, 5.74) is 0. The van der Waals surface area contributed by atoms with Crippen LogP contribution in [0.25, 0.3) is 10.1 Å². The van der Waals surface area contributed by atoms with Gasteiger partial charge in [-0.05, 0) is 79.7 Å². The highest BCUT2D eigenvalue weighted by Gasteiger charge is 2.32. The molecule has 6 nitrogen and oxygen atoms in total. The van der Waals surface area contributed by atoms with E-state index in [0.29, 0.717) is 10.1 Å². The van der Waals surface area contributed by atoms with Gasteiger partial charge in [-0.2, -0.15) is 8.68 Å². The van der Waals surface area contributed by atoms with Crippen molar-refractivity contribution in [1.82, 2.24) is 13.6 Å². The molecule has 2 fully saturated rings. The number of nitrogens with zero attached hydrogens (tertiary/aromatic N) is 4. The van der Waals surface area contributed by atoms with Crippen LogP contribution in [0.1, 0.15) is 32.1 Å². The van der Waals surface area contributed by atoms with Gasteiger partial charge in [0, 0.05) is 44.7 Å². The summed E-state index contributed by atoms with van der Waals surface area (Å²) in [4.78, 5) is 5.02. The number of sulfonamides is 1. The summed E-state index contributed by atoms with van der Waals surface area (Å²) in [6, 6.07) is 12.2. The molecule has 1 aliphatic heterocycles. The normalized spacial score (nSPS) is 22.9. The van der Waals surface area contributed by atoms with E-state index >= 15 is 0 Å². The lowest BCUT2D eigenvalue weighted by Gasteiger charge is -2.37. The first-order valence-corrected chi connectivity index (χ1v) is 14.9. The largest absolute Gasteiger partial charge is 0.353 e. The first kappa shape index (κ1) is 23.2. The predicted octanol–water partition coefficient (Wildman–Crippen LogP) is 4.75. The number of thiophene rings is 1. The van der Waals surface area contributed by atoms with Gasteiger partial charge in [-0.15, -0.1) is 11.3 Å². The van der Waals surface area contributed by atoms with Crippen molar-refractivity contribution in [2.45, 2.75) is 42.4 Å². The Morgan fingerprint density at radius 3 is 2.52 bits per heavy atom. The molecule has 0 radical (unpaired) electrons. The van der Waals surface area contributed by atoms with Gasteiger partial charge >= 0.3 is 0 Å². The first-order valence-electron chi connectivity index (χ1n) is 11.9. The molecule has 0 N–H and O–H groups in total. The molecule has 9 heteroatoms.